The number of nitrogens with zero attached hydrogens (tertiary/aromatic N) is 2. The van der Waals surface area contributed by atoms with Crippen LogP contribution in [0.3, 0.4) is 0 Å². The van der Waals surface area contributed by atoms with Crippen molar-refractivity contribution in [3.63, 3.8) is 0 Å². The molecule has 2 N–H and O–H groups in total. The van der Waals surface area contributed by atoms with Crippen molar-refractivity contribution < 1.29 is 14.5 Å². The highest BCUT2D eigenvalue weighted by Gasteiger charge is 2.37. The second kappa shape index (κ2) is 5.78. The first-order valence-corrected chi connectivity index (χ1v) is 6.54. The van der Waals surface area contributed by atoms with Crippen LogP contribution in [-0.4, -0.2) is 41.3 Å². The molecule has 21 heavy (non-hydrogen) atoms. The first kappa shape index (κ1) is 14.8. The number of carbonyl (C=O) groups is 2. The molecule has 8 heteroatoms. The Balaban J connectivity index is 2.32. The molecular formula is C13H16N4O4. The lowest BCUT2D eigenvalue weighted by Gasteiger charge is -2.14. The Morgan fingerprint density at radius 2 is 2.05 bits per heavy atom. The van der Waals surface area contributed by atoms with Crippen molar-refractivity contribution in [3.05, 3.63) is 28.3 Å². The van der Waals surface area contributed by atoms with E-state index in [1.807, 2.05) is 6.92 Å². The monoisotopic (exact) mass is 292 g/mol. The van der Waals surface area contributed by atoms with Crippen LogP contribution in [0.2, 0.25) is 0 Å². The van der Waals surface area contributed by atoms with E-state index in [-0.39, 0.29) is 29.6 Å². The predicted molar refractivity (Wildman–Crippen MR) is 77.1 cm³/mol. The number of hydrogen-bond donors (Lipinski definition) is 2. The Bertz CT molecular complexity index is 602. The van der Waals surface area contributed by atoms with Crippen molar-refractivity contribution in [2.24, 2.45) is 0 Å². The summed E-state index contributed by atoms with van der Waals surface area (Å²) in [5.74, 6) is -0.689. The standard InChI is InChI=1S/C13H16N4O4/c1-3-14-8-5-4-6-9(12(8)17(20)21)15-10-7-11(18)16(2)13(10)19/h4-6,10,14-15H,3,7H2,1-2H3. The van der Waals surface area contributed by atoms with Gasteiger partial charge in [-0.1, -0.05) is 6.07 Å². The molecule has 1 aliphatic heterocycles. The van der Waals surface area contributed by atoms with E-state index >= 15 is 0 Å². The number of likely N-dealkylation sites (tertiary alicyclic amines) is 1. The zero-order valence-corrected chi connectivity index (χ0v) is 11.8. The Morgan fingerprint density at radius 1 is 1.38 bits per heavy atom. The molecule has 2 rings (SSSR count). The van der Waals surface area contributed by atoms with Gasteiger partial charge < -0.3 is 10.6 Å². The third-order valence-electron chi connectivity index (χ3n) is 3.30. The van der Waals surface area contributed by atoms with Gasteiger partial charge in [0, 0.05) is 13.6 Å². The second-order valence-electron chi connectivity index (χ2n) is 4.68. The van der Waals surface area contributed by atoms with Crippen molar-refractivity contribution in [3.8, 4) is 0 Å². The Morgan fingerprint density at radius 3 is 2.57 bits per heavy atom. The molecule has 112 valence electrons. The van der Waals surface area contributed by atoms with E-state index in [1.54, 1.807) is 12.1 Å². The molecule has 0 radical (unpaired) electrons. The lowest BCUT2D eigenvalue weighted by Crippen LogP contribution is -2.32. The maximum absolute atomic E-state index is 11.9. The molecule has 1 atom stereocenters. The summed E-state index contributed by atoms with van der Waals surface area (Å²) in [5.41, 5.74) is 0.465. The molecule has 1 aromatic carbocycles. The summed E-state index contributed by atoms with van der Waals surface area (Å²) in [6.45, 7) is 2.37. The van der Waals surface area contributed by atoms with E-state index in [4.69, 9.17) is 0 Å². The minimum absolute atomic E-state index is 0.00206. The van der Waals surface area contributed by atoms with Gasteiger partial charge in [0.05, 0.1) is 11.3 Å². The van der Waals surface area contributed by atoms with Gasteiger partial charge in [-0.2, -0.15) is 0 Å². The fourth-order valence-electron chi connectivity index (χ4n) is 2.25. The number of anilines is 2. The molecule has 8 nitrogen and oxygen atoms in total. The average Bonchev–Trinajstić information content (AvgIpc) is 2.67. The number of amides is 2. The van der Waals surface area contributed by atoms with Crippen LogP contribution in [0, 0.1) is 10.1 Å². The number of benzene rings is 1. The van der Waals surface area contributed by atoms with Crippen molar-refractivity contribution in [1.82, 2.24) is 4.90 Å². The summed E-state index contributed by atoms with van der Waals surface area (Å²) in [5, 5.41) is 17.0. The van der Waals surface area contributed by atoms with Crippen LogP contribution in [0.1, 0.15) is 13.3 Å². The highest BCUT2D eigenvalue weighted by Crippen LogP contribution is 2.34. The second-order valence-corrected chi connectivity index (χ2v) is 4.68. The molecule has 0 spiro atoms. The van der Waals surface area contributed by atoms with Gasteiger partial charge in [0.2, 0.25) is 5.91 Å². The van der Waals surface area contributed by atoms with Gasteiger partial charge in [0.15, 0.2) is 0 Å². The smallest absolute Gasteiger partial charge is 0.315 e. The van der Waals surface area contributed by atoms with Crippen LogP contribution < -0.4 is 10.6 Å². The van der Waals surface area contributed by atoms with E-state index in [0.29, 0.717) is 12.2 Å². The van der Waals surface area contributed by atoms with E-state index in [0.717, 1.165) is 4.90 Å². The molecule has 2 amide bonds. The van der Waals surface area contributed by atoms with E-state index < -0.39 is 11.0 Å². The highest BCUT2D eigenvalue weighted by molar-refractivity contribution is 6.06. The Hall–Kier alpha value is -2.64. The van der Waals surface area contributed by atoms with Crippen LogP contribution in [0.15, 0.2) is 18.2 Å². The van der Waals surface area contributed by atoms with Gasteiger partial charge in [0.25, 0.3) is 5.91 Å². The number of nitro groups is 1. The van der Waals surface area contributed by atoms with Crippen molar-refractivity contribution in [1.29, 1.82) is 0 Å². The first-order valence-electron chi connectivity index (χ1n) is 6.54. The maximum atomic E-state index is 11.9. The molecule has 0 saturated carbocycles. The molecule has 0 aromatic heterocycles. The van der Waals surface area contributed by atoms with E-state index in [2.05, 4.69) is 10.6 Å². The number of rotatable bonds is 5. The maximum Gasteiger partial charge on any atom is 0.315 e. The van der Waals surface area contributed by atoms with Gasteiger partial charge in [-0.25, -0.2) is 0 Å². The van der Waals surface area contributed by atoms with Gasteiger partial charge in [-0.15, -0.1) is 0 Å². The first-order chi connectivity index (χ1) is 9.95. The van der Waals surface area contributed by atoms with Crippen LogP contribution in [0.25, 0.3) is 0 Å². The lowest BCUT2D eigenvalue weighted by molar-refractivity contribution is -0.383. The summed E-state index contributed by atoms with van der Waals surface area (Å²) < 4.78 is 0. The minimum Gasteiger partial charge on any atom is -0.380 e. The van der Waals surface area contributed by atoms with Gasteiger partial charge in [-0.3, -0.25) is 24.6 Å². The van der Waals surface area contributed by atoms with Crippen LogP contribution >= 0.6 is 0 Å². The molecule has 1 unspecified atom stereocenters. The number of imide groups is 1. The molecule has 1 aliphatic rings. The Kier molecular flexibility index (Phi) is 4.06. The highest BCUT2D eigenvalue weighted by atomic mass is 16.6. The number of nitrogens with one attached hydrogen (secondary N) is 2. The normalized spacial score (nSPS) is 18.0. The number of likely N-dealkylation sites (N-methyl/N-ethyl adjacent to an activating group) is 1. The number of carbonyl (C=O) groups excluding carboxylic acids is 2. The zero-order chi connectivity index (χ0) is 15.6. The topological polar surface area (TPSA) is 105 Å². The molecule has 0 bridgehead atoms. The number of nitro benzene ring substituents is 1. The molecule has 1 aromatic rings. The van der Waals surface area contributed by atoms with E-state index in [1.165, 1.54) is 13.1 Å². The summed E-state index contributed by atoms with van der Waals surface area (Å²) in [4.78, 5) is 35.1. The third kappa shape index (κ3) is 2.78. The van der Waals surface area contributed by atoms with Crippen LogP contribution in [0.4, 0.5) is 17.1 Å². The van der Waals surface area contributed by atoms with Crippen molar-refractivity contribution >= 4 is 28.9 Å². The molecular weight excluding hydrogens is 276 g/mol. The van der Waals surface area contributed by atoms with Crippen molar-refractivity contribution in [2.45, 2.75) is 19.4 Å². The fourth-order valence-corrected chi connectivity index (χ4v) is 2.25. The summed E-state index contributed by atoms with van der Waals surface area (Å²) >= 11 is 0. The molecule has 1 heterocycles. The quantitative estimate of drug-likeness (QED) is 0.480. The Labute approximate surface area is 121 Å². The molecule has 1 saturated heterocycles. The summed E-state index contributed by atoms with van der Waals surface area (Å²) in [6, 6.07) is 4.01. The van der Waals surface area contributed by atoms with E-state index in [9.17, 15) is 19.7 Å². The SMILES string of the molecule is CCNc1cccc(NC2CC(=O)N(C)C2=O)c1[N+](=O)[O-]. The summed E-state index contributed by atoms with van der Waals surface area (Å²) in [7, 11) is 1.40. The summed E-state index contributed by atoms with van der Waals surface area (Å²) in [6.07, 6.45) is -0.00206. The lowest BCUT2D eigenvalue weighted by atomic mass is 10.2. The minimum atomic E-state index is -0.766. The molecule has 0 aliphatic carbocycles. The van der Waals surface area contributed by atoms with Crippen LogP contribution in [0.5, 0.6) is 0 Å². The zero-order valence-electron chi connectivity index (χ0n) is 11.8. The van der Waals surface area contributed by atoms with Crippen molar-refractivity contribution in [2.75, 3.05) is 24.2 Å². The number of hydrogen-bond acceptors (Lipinski definition) is 6. The number of para-hydroxylation sites is 1. The average molecular weight is 292 g/mol. The third-order valence-corrected chi connectivity index (χ3v) is 3.30. The predicted octanol–water partition coefficient (Wildman–Crippen LogP) is 1.20. The molecule has 1 fully saturated rings. The van der Waals surface area contributed by atoms with Gasteiger partial charge in [-0.05, 0) is 19.1 Å². The van der Waals surface area contributed by atoms with Gasteiger partial charge in [0.1, 0.15) is 17.4 Å². The van der Waals surface area contributed by atoms with Gasteiger partial charge >= 0.3 is 5.69 Å². The fraction of sp³-hybridized carbons (Fsp3) is 0.385. The van der Waals surface area contributed by atoms with Crippen LogP contribution in [-0.2, 0) is 9.59 Å². The largest absolute Gasteiger partial charge is 0.380 e.